The molecule has 9 heteroatoms. The van der Waals surface area contributed by atoms with Crippen molar-refractivity contribution in [2.45, 2.75) is 56.9 Å². The number of hydrogen-bond acceptors (Lipinski definition) is 5. The summed E-state index contributed by atoms with van der Waals surface area (Å²) >= 11 is 0. The van der Waals surface area contributed by atoms with E-state index >= 15 is 0 Å². The van der Waals surface area contributed by atoms with Crippen LogP contribution in [0.1, 0.15) is 45.1 Å². The topological polar surface area (TPSA) is 96.0 Å². The monoisotopic (exact) mass is 485 g/mol. The van der Waals surface area contributed by atoms with Gasteiger partial charge in [-0.05, 0) is 81.1 Å². The van der Waals surface area contributed by atoms with Crippen molar-refractivity contribution >= 4 is 33.2 Å². The van der Waals surface area contributed by atoms with E-state index in [0.29, 0.717) is 36.7 Å². The Kier molecular flexibility index (Phi) is 7.23. The number of benzene rings is 2. The Bertz CT molecular complexity index is 1160. The molecule has 1 N–H and O–H groups in total. The summed E-state index contributed by atoms with van der Waals surface area (Å²) in [5, 5.41) is 2.80. The molecule has 182 valence electrons. The second-order valence-corrected chi connectivity index (χ2v) is 10.6. The largest absolute Gasteiger partial charge is 0.494 e. The fourth-order valence-corrected chi connectivity index (χ4v) is 6.33. The molecule has 8 nitrogen and oxygen atoms in total. The number of piperidine rings is 1. The predicted molar refractivity (Wildman–Crippen MR) is 131 cm³/mol. The first-order valence-electron chi connectivity index (χ1n) is 11.8. The van der Waals surface area contributed by atoms with E-state index in [0.717, 1.165) is 24.8 Å². The molecule has 2 aliphatic rings. The number of fused-ring (bicyclic) bond motifs is 1. The first kappa shape index (κ1) is 24.2. The van der Waals surface area contributed by atoms with Crippen molar-refractivity contribution in [3.05, 3.63) is 48.0 Å². The van der Waals surface area contributed by atoms with Crippen molar-refractivity contribution in [2.75, 3.05) is 29.9 Å². The molecule has 4 rings (SSSR count). The summed E-state index contributed by atoms with van der Waals surface area (Å²) in [5.41, 5.74) is 1.96. The molecule has 1 atom stereocenters. The molecule has 2 aromatic rings. The van der Waals surface area contributed by atoms with Gasteiger partial charge in [0.1, 0.15) is 12.3 Å². The number of carbonyl (C=O) groups is 2. The lowest BCUT2D eigenvalue weighted by Crippen LogP contribution is -2.42. The van der Waals surface area contributed by atoms with Gasteiger partial charge < -0.3 is 15.0 Å². The summed E-state index contributed by atoms with van der Waals surface area (Å²) in [5.74, 6) is 0.226. The van der Waals surface area contributed by atoms with Crippen molar-refractivity contribution in [2.24, 2.45) is 0 Å². The summed E-state index contributed by atoms with van der Waals surface area (Å²) in [6.45, 7) is 4.78. The molecule has 0 spiro atoms. The van der Waals surface area contributed by atoms with Crippen molar-refractivity contribution in [3.8, 4) is 5.75 Å². The van der Waals surface area contributed by atoms with Crippen LogP contribution in [0.15, 0.2) is 47.4 Å². The Hall–Kier alpha value is -2.91. The van der Waals surface area contributed by atoms with Crippen LogP contribution in [-0.4, -0.2) is 50.3 Å². The van der Waals surface area contributed by atoms with E-state index < -0.39 is 10.0 Å². The molecular weight excluding hydrogens is 454 g/mol. The molecule has 0 aliphatic carbocycles. The highest BCUT2D eigenvalue weighted by Crippen LogP contribution is 2.32. The molecule has 1 fully saturated rings. The number of ether oxygens (including phenoxy) is 1. The molecule has 0 bridgehead atoms. The molecular formula is C25H31N3O5S. The molecule has 2 heterocycles. The van der Waals surface area contributed by atoms with Crippen molar-refractivity contribution in [1.29, 1.82) is 0 Å². The normalized spacial score (nSPS) is 18.9. The minimum absolute atomic E-state index is 0.0286. The average molecular weight is 486 g/mol. The van der Waals surface area contributed by atoms with Crippen LogP contribution in [0.2, 0.25) is 0 Å². The molecule has 2 aliphatic heterocycles. The number of carbonyl (C=O) groups excluding carboxylic acids is 2. The first-order valence-corrected chi connectivity index (χ1v) is 13.2. The molecule has 2 aromatic carbocycles. The third-order valence-corrected chi connectivity index (χ3v) is 8.36. The van der Waals surface area contributed by atoms with E-state index in [1.807, 2.05) is 13.8 Å². The molecule has 0 radical (unpaired) electrons. The third kappa shape index (κ3) is 5.10. The number of hydrogen-bond donors (Lipinski definition) is 1. The van der Waals surface area contributed by atoms with Crippen LogP contribution >= 0.6 is 0 Å². The Morgan fingerprint density at radius 3 is 2.59 bits per heavy atom. The van der Waals surface area contributed by atoms with Crippen LogP contribution in [0.3, 0.4) is 0 Å². The van der Waals surface area contributed by atoms with Crippen LogP contribution in [0, 0.1) is 0 Å². The summed E-state index contributed by atoms with van der Waals surface area (Å²) in [7, 11) is -3.61. The van der Waals surface area contributed by atoms with Gasteiger partial charge in [-0.25, -0.2) is 8.42 Å². The number of aryl methyl sites for hydroxylation is 1. The highest BCUT2D eigenvalue weighted by molar-refractivity contribution is 7.89. The van der Waals surface area contributed by atoms with Crippen LogP contribution in [0.4, 0.5) is 11.4 Å². The zero-order valence-electron chi connectivity index (χ0n) is 19.6. The van der Waals surface area contributed by atoms with Gasteiger partial charge >= 0.3 is 0 Å². The number of sulfonamides is 1. The maximum atomic E-state index is 13.2. The molecule has 2 amide bonds. The summed E-state index contributed by atoms with van der Waals surface area (Å²) in [6.07, 6.45) is 3.43. The van der Waals surface area contributed by atoms with Crippen molar-refractivity contribution in [3.63, 3.8) is 0 Å². The molecule has 0 aromatic heterocycles. The van der Waals surface area contributed by atoms with Gasteiger partial charge in [0.25, 0.3) is 0 Å². The van der Waals surface area contributed by atoms with Gasteiger partial charge in [0.2, 0.25) is 21.8 Å². The number of amides is 2. The third-order valence-electron chi connectivity index (χ3n) is 6.35. The lowest BCUT2D eigenvalue weighted by Gasteiger charge is -2.33. The predicted octanol–water partition coefficient (Wildman–Crippen LogP) is 3.57. The zero-order chi connectivity index (χ0) is 24.3. The molecule has 0 saturated carbocycles. The summed E-state index contributed by atoms with van der Waals surface area (Å²) in [4.78, 5) is 27.0. The van der Waals surface area contributed by atoms with E-state index in [1.165, 1.54) is 4.90 Å². The Labute approximate surface area is 200 Å². The number of nitrogens with zero attached hydrogens (tertiary/aromatic N) is 2. The van der Waals surface area contributed by atoms with Crippen LogP contribution in [0.5, 0.6) is 5.75 Å². The smallest absolute Gasteiger partial charge is 0.244 e. The number of anilines is 2. The highest BCUT2D eigenvalue weighted by Gasteiger charge is 2.33. The van der Waals surface area contributed by atoms with E-state index in [2.05, 4.69) is 5.32 Å². The Morgan fingerprint density at radius 1 is 1.12 bits per heavy atom. The van der Waals surface area contributed by atoms with E-state index in [-0.39, 0.29) is 35.7 Å². The average Bonchev–Trinajstić information content (AvgIpc) is 2.82. The van der Waals surface area contributed by atoms with Gasteiger partial charge in [-0.3, -0.25) is 9.59 Å². The number of rotatable bonds is 7. The van der Waals surface area contributed by atoms with Gasteiger partial charge in [0.05, 0.1) is 11.5 Å². The fraction of sp³-hybridized carbons (Fsp3) is 0.440. The minimum Gasteiger partial charge on any atom is -0.494 e. The van der Waals surface area contributed by atoms with Gasteiger partial charge in [-0.2, -0.15) is 4.31 Å². The standard InChI is InChI=1S/C25H31N3O5S/c1-3-33-21-10-8-20(9-11-21)26-24(29)17-27-23-13-12-22(16-19(23)7-14-25(27)30)34(31,32)28-15-5-4-6-18(28)2/h8-13,16,18H,3-7,14-15,17H2,1-2H3,(H,26,29)/t18-/m0/s1. The number of nitrogens with one attached hydrogen (secondary N) is 1. The quantitative estimate of drug-likeness (QED) is 0.647. The Balaban J connectivity index is 1.50. The Morgan fingerprint density at radius 2 is 1.88 bits per heavy atom. The minimum atomic E-state index is -3.61. The maximum Gasteiger partial charge on any atom is 0.244 e. The molecule has 1 saturated heterocycles. The van der Waals surface area contributed by atoms with Gasteiger partial charge in [-0.1, -0.05) is 6.42 Å². The van der Waals surface area contributed by atoms with Crippen LogP contribution < -0.4 is 15.0 Å². The second-order valence-electron chi connectivity index (χ2n) is 8.74. The van der Waals surface area contributed by atoms with Crippen LogP contribution in [0.25, 0.3) is 0 Å². The van der Waals surface area contributed by atoms with E-state index in [9.17, 15) is 18.0 Å². The van der Waals surface area contributed by atoms with E-state index in [1.54, 1.807) is 46.8 Å². The van der Waals surface area contributed by atoms with Crippen molar-refractivity contribution in [1.82, 2.24) is 4.31 Å². The van der Waals surface area contributed by atoms with Gasteiger partial charge in [-0.15, -0.1) is 0 Å². The summed E-state index contributed by atoms with van der Waals surface area (Å²) < 4.78 is 33.5. The SMILES string of the molecule is CCOc1ccc(NC(=O)CN2C(=O)CCc3cc(S(=O)(=O)N4CCCC[C@@H]4C)ccc32)cc1. The summed E-state index contributed by atoms with van der Waals surface area (Å²) in [6, 6.07) is 11.9. The fourth-order valence-electron chi connectivity index (χ4n) is 4.58. The van der Waals surface area contributed by atoms with Gasteiger partial charge in [0, 0.05) is 30.4 Å². The highest BCUT2D eigenvalue weighted by atomic mass is 32.2. The second kappa shape index (κ2) is 10.1. The lowest BCUT2D eigenvalue weighted by molar-refractivity contribution is -0.121. The maximum absolute atomic E-state index is 13.2. The van der Waals surface area contributed by atoms with E-state index in [4.69, 9.17) is 4.74 Å². The van der Waals surface area contributed by atoms with Crippen molar-refractivity contribution < 1.29 is 22.7 Å². The van der Waals surface area contributed by atoms with Crippen LogP contribution in [-0.2, 0) is 26.0 Å². The molecule has 0 unspecified atom stereocenters. The lowest BCUT2D eigenvalue weighted by atomic mass is 10.0. The zero-order valence-corrected chi connectivity index (χ0v) is 20.4. The van der Waals surface area contributed by atoms with Gasteiger partial charge in [0.15, 0.2) is 0 Å². The molecule has 34 heavy (non-hydrogen) atoms. The first-order chi connectivity index (χ1) is 16.3.